The molecule has 2 aromatic rings. The molecule has 172 valence electrons. The lowest BCUT2D eigenvalue weighted by Gasteiger charge is -2.36. The normalized spacial score (nSPS) is 16.3. The lowest BCUT2D eigenvalue weighted by Crippen LogP contribution is -2.49. The van der Waals surface area contributed by atoms with Gasteiger partial charge in [0.25, 0.3) is 0 Å². The summed E-state index contributed by atoms with van der Waals surface area (Å²) in [6, 6.07) is 8.35. The van der Waals surface area contributed by atoms with Crippen LogP contribution in [0, 0.1) is 17.1 Å². The molecule has 0 aromatic heterocycles. The third-order valence-corrected chi connectivity index (χ3v) is 5.38. The fourth-order valence-corrected chi connectivity index (χ4v) is 3.94. The number of ether oxygens (including phenoxy) is 1. The van der Waals surface area contributed by atoms with E-state index >= 15 is 0 Å². The molecule has 0 aliphatic carbocycles. The Morgan fingerprint density at radius 3 is 2.45 bits per heavy atom. The number of urea groups is 1. The van der Waals surface area contributed by atoms with Gasteiger partial charge in [0.05, 0.1) is 46.8 Å². The molecule has 0 spiro atoms. The van der Waals surface area contributed by atoms with Gasteiger partial charge in [0.15, 0.2) is 0 Å². The van der Waals surface area contributed by atoms with Crippen molar-refractivity contribution >= 4 is 33.6 Å². The van der Waals surface area contributed by atoms with Crippen molar-refractivity contribution < 1.29 is 31.9 Å². The van der Waals surface area contributed by atoms with Crippen LogP contribution in [-0.2, 0) is 15.7 Å². The second-order valence-corrected chi connectivity index (χ2v) is 7.39. The van der Waals surface area contributed by atoms with Crippen LogP contribution in [0.15, 0.2) is 53.7 Å². The van der Waals surface area contributed by atoms with Crippen LogP contribution in [-0.4, -0.2) is 23.9 Å². The Morgan fingerprint density at radius 1 is 1.24 bits per heavy atom. The van der Waals surface area contributed by atoms with Gasteiger partial charge in [-0.25, -0.2) is 14.0 Å². The average molecular weight is 526 g/mol. The number of alkyl halides is 4. The molecule has 2 aromatic carbocycles. The summed E-state index contributed by atoms with van der Waals surface area (Å²) >= 11 is 3.20. The molecule has 3 rings (SSSR count). The van der Waals surface area contributed by atoms with Crippen LogP contribution in [0.1, 0.15) is 29.7 Å². The Labute approximate surface area is 194 Å². The van der Waals surface area contributed by atoms with E-state index in [2.05, 4.69) is 21.2 Å². The van der Waals surface area contributed by atoms with Crippen LogP contribution in [0.3, 0.4) is 0 Å². The molecule has 6 nitrogen and oxygen atoms in total. The molecule has 1 aliphatic heterocycles. The van der Waals surface area contributed by atoms with E-state index in [4.69, 9.17) is 10.00 Å². The number of amides is 2. The van der Waals surface area contributed by atoms with Gasteiger partial charge in [-0.05, 0) is 42.8 Å². The van der Waals surface area contributed by atoms with Crippen LogP contribution in [0.5, 0.6) is 0 Å². The maximum atomic E-state index is 13.8. The highest BCUT2D eigenvalue weighted by Crippen LogP contribution is 2.38. The quantitative estimate of drug-likeness (QED) is 0.330. The van der Waals surface area contributed by atoms with Crippen LogP contribution >= 0.6 is 15.9 Å². The zero-order valence-electron chi connectivity index (χ0n) is 17.0. The molecule has 1 heterocycles. The molecule has 0 saturated carbocycles. The van der Waals surface area contributed by atoms with E-state index in [9.17, 15) is 27.2 Å². The minimum Gasteiger partial charge on any atom is -0.463 e. The van der Waals surface area contributed by atoms with Crippen LogP contribution in [0.2, 0.25) is 0 Å². The number of hydrogen-bond donors (Lipinski definition) is 1. The van der Waals surface area contributed by atoms with Gasteiger partial charge in [-0.1, -0.05) is 28.1 Å². The number of carbonyl (C=O) groups excluding carboxylic acids is 2. The largest absolute Gasteiger partial charge is 0.463 e. The first-order chi connectivity index (χ1) is 15.6. The summed E-state index contributed by atoms with van der Waals surface area (Å²) in [5.41, 5.74) is -0.999. The fourth-order valence-electron chi connectivity index (χ4n) is 3.39. The standard InChI is InChI=1S/C22H16BrF4N3O3/c1-2-33-20(31)18-17(10-23)30(14-7-8-16(24)15(9-14)22(25,26)27)21(32)29-19(18)13-5-3-12(11-28)4-6-13/h3-9,19H,2,10H2,1H3,(H,29,32). The number of halogens is 5. The van der Waals surface area contributed by atoms with Crippen molar-refractivity contribution in [1.82, 2.24) is 5.32 Å². The van der Waals surface area contributed by atoms with Gasteiger partial charge < -0.3 is 10.1 Å². The number of esters is 1. The van der Waals surface area contributed by atoms with E-state index in [-0.39, 0.29) is 28.9 Å². The summed E-state index contributed by atoms with van der Waals surface area (Å²) in [7, 11) is 0. The molecule has 0 radical (unpaired) electrons. The van der Waals surface area contributed by atoms with E-state index in [1.54, 1.807) is 19.1 Å². The Morgan fingerprint density at radius 2 is 1.91 bits per heavy atom. The monoisotopic (exact) mass is 525 g/mol. The summed E-state index contributed by atoms with van der Waals surface area (Å²) in [4.78, 5) is 26.8. The molecule has 0 bridgehead atoms. The van der Waals surface area contributed by atoms with Gasteiger partial charge in [-0.2, -0.15) is 18.4 Å². The number of nitrogens with zero attached hydrogens (tertiary/aromatic N) is 2. The second kappa shape index (κ2) is 9.62. The molecule has 0 saturated heterocycles. The third-order valence-electron chi connectivity index (χ3n) is 4.85. The maximum absolute atomic E-state index is 13.8. The lowest BCUT2D eigenvalue weighted by atomic mass is 9.94. The van der Waals surface area contributed by atoms with Gasteiger partial charge in [-0.3, -0.25) is 4.90 Å². The Kier molecular flexibility index (Phi) is 7.07. The highest BCUT2D eigenvalue weighted by atomic mass is 79.9. The predicted octanol–water partition coefficient (Wildman–Crippen LogP) is 5.20. The number of nitrogens with one attached hydrogen (secondary N) is 1. The molecule has 2 amide bonds. The van der Waals surface area contributed by atoms with Crippen LogP contribution < -0.4 is 10.2 Å². The zero-order valence-corrected chi connectivity index (χ0v) is 18.6. The van der Waals surface area contributed by atoms with Crippen molar-refractivity contribution in [2.24, 2.45) is 0 Å². The first kappa shape index (κ1) is 24.3. The number of carbonyl (C=O) groups is 2. The first-order valence-corrected chi connectivity index (χ1v) is 10.7. The molecule has 1 aliphatic rings. The number of rotatable bonds is 5. The molecule has 0 fully saturated rings. The number of allylic oxidation sites excluding steroid dienone is 1. The van der Waals surface area contributed by atoms with E-state index < -0.39 is 35.6 Å². The van der Waals surface area contributed by atoms with Crippen LogP contribution in [0.4, 0.5) is 28.0 Å². The van der Waals surface area contributed by atoms with Crippen molar-refractivity contribution in [3.63, 3.8) is 0 Å². The van der Waals surface area contributed by atoms with Gasteiger partial charge >= 0.3 is 18.2 Å². The van der Waals surface area contributed by atoms with Gasteiger partial charge in [0.1, 0.15) is 5.82 Å². The molecular formula is C22H16BrF4N3O3. The maximum Gasteiger partial charge on any atom is 0.419 e. The van der Waals surface area contributed by atoms with Crippen LogP contribution in [0.25, 0.3) is 0 Å². The Hall–Kier alpha value is -3.39. The zero-order chi connectivity index (χ0) is 24.3. The van der Waals surface area contributed by atoms with Crippen molar-refractivity contribution in [1.29, 1.82) is 5.26 Å². The smallest absolute Gasteiger partial charge is 0.419 e. The molecule has 1 N–H and O–H groups in total. The fraction of sp³-hybridized carbons (Fsp3) is 0.227. The number of hydrogen-bond acceptors (Lipinski definition) is 4. The summed E-state index contributed by atoms with van der Waals surface area (Å²) in [6.07, 6.45) is -4.99. The molecule has 1 unspecified atom stereocenters. The number of anilines is 1. The topological polar surface area (TPSA) is 82.4 Å². The molecule has 11 heteroatoms. The Balaban J connectivity index is 2.20. The first-order valence-electron chi connectivity index (χ1n) is 9.55. The van der Waals surface area contributed by atoms with E-state index in [0.29, 0.717) is 23.3 Å². The summed E-state index contributed by atoms with van der Waals surface area (Å²) < 4.78 is 58.7. The minimum atomic E-state index is -4.99. The predicted molar refractivity (Wildman–Crippen MR) is 114 cm³/mol. The summed E-state index contributed by atoms with van der Waals surface area (Å²) in [5.74, 6) is -2.28. The van der Waals surface area contributed by atoms with E-state index in [1.807, 2.05) is 6.07 Å². The SMILES string of the molecule is CCOC(=O)C1=C(CBr)N(c2ccc(F)c(C(F)(F)F)c2)C(=O)NC1c1ccc(C#N)cc1. The highest BCUT2D eigenvalue weighted by molar-refractivity contribution is 9.09. The van der Waals surface area contributed by atoms with Crippen molar-refractivity contribution in [2.45, 2.75) is 19.1 Å². The molecular weight excluding hydrogens is 510 g/mol. The third kappa shape index (κ3) is 4.85. The summed E-state index contributed by atoms with van der Waals surface area (Å²) in [5, 5.41) is 11.5. The van der Waals surface area contributed by atoms with Gasteiger partial charge in [0.2, 0.25) is 0 Å². The Bertz CT molecular complexity index is 1160. The number of nitriles is 1. The van der Waals surface area contributed by atoms with Gasteiger partial charge in [-0.15, -0.1) is 0 Å². The van der Waals surface area contributed by atoms with E-state index in [0.717, 1.165) is 11.0 Å². The number of benzene rings is 2. The molecule has 1 atom stereocenters. The average Bonchev–Trinajstić information content (AvgIpc) is 2.78. The molecule has 33 heavy (non-hydrogen) atoms. The van der Waals surface area contributed by atoms with Crippen molar-refractivity contribution in [2.75, 3.05) is 16.8 Å². The second-order valence-electron chi connectivity index (χ2n) is 6.83. The van der Waals surface area contributed by atoms with Gasteiger partial charge in [0, 0.05) is 5.33 Å². The van der Waals surface area contributed by atoms with Crippen molar-refractivity contribution in [3.05, 3.63) is 76.2 Å². The van der Waals surface area contributed by atoms with Crippen molar-refractivity contribution in [3.8, 4) is 6.07 Å². The van der Waals surface area contributed by atoms with E-state index in [1.165, 1.54) is 12.1 Å². The highest BCUT2D eigenvalue weighted by Gasteiger charge is 2.40. The lowest BCUT2D eigenvalue weighted by molar-refractivity contribution is -0.140. The minimum absolute atomic E-state index is 0.0146. The summed E-state index contributed by atoms with van der Waals surface area (Å²) in [6.45, 7) is 1.60.